The highest BCUT2D eigenvalue weighted by Gasteiger charge is 2.19. The largest absolute Gasteiger partial charge is 0.478 e. The van der Waals surface area contributed by atoms with Crippen molar-refractivity contribution in [2.45, 2.75) is 13.8 Å². The molecule has 21 heavy (non-hydrogen) atoms. The summed E-state index contributed by atoms with van der Waals surface area (Å²) in [6.45, 7) is 4.31. The molecule has 6 nitrogen and oxygen atoms in total. The smallest absolute Gasteiger partial charge is 0.328 e. The Kier molecular flexibility index (Phi) is 6.08. The second kappa shape index (κ2) is 7.80. The molecule has 1 atom stereocenters. The summed E-state index contributed by atoms with van der Waals surface area (Å²) < 4.78 is 0. The van der Waals surface area contributed by atoms with Crippen molar-refractivity contribution >= 4 is 18.0 Å². The van der Waals surface area contributed by atoms with Crippen LogP contribution >= 0.6 is 0 Å². The van der Waals surface area contributed by atoms with Crippen LogP contribution in [0.3, 0.4) is 0 Å². The minimum absolute atomic E-state index is 0.182. The number of carboxylic acid groups (broad SMARTS) is 1. The number of carboxylic acids is 1. The highest BCUT2D eigenvalue weighted by atomic mass is 16.4. The SMILES string of the molecule is CCN(CC(C)C#N)C(=O)c1ncccc1/C=C/C(=O)O. The van der Waals surface area contributed by atoms with Gasteiger partial charge in [0, 0.05) is 30.9 Å². The monoisotopic (exact) mass is 287 g/mol. The van der Waals surface area contributed by atoms with Gasteiger partial charge in [-0.3, -0.25) is 9.78 Å². The van der Waals surface area contributed by atoms with Crippen molar-refractivity contribution in [3.8, 4) is 6.07 Å². The van der Waals surface area contributed by atoms with E-state index in [1.165, 1.54) is 17.2 Å². The number of aromatic nitrogens is 1. The minimum Gasteiger partial charge on any atom is -0.478 e. The van der Waals surface area contributed by atoms with Crippen molar-refractivity contribution in [2.24, 2.45) is 5.92 Å². The summed E-state index contributed by atoms with van der Waals surface area (Å²) in [7, 11) is 0. The number of rotatable bonds is 6. The van der Waals surface area contributed by atoms with Crippen molar-refractivity contribution < 1.29 is 14.7 Å². The molecule has 0 spiro atoms. The Hall–Kier alpha value is -2.68. The maximum atomic E-state index is 12.5. The van der Waals surface area contributed by atoms with Crippen molar-refractivity contribution in [1.29, 1.82) is 5.26 Å². The molecule has 1 N–H and O–H groups in total. The van der Waals surface area contributed by atoms with Crippen LogP contribution in [0.1, 0.15) is 29.9 Å². The highest BCUT2D eigenvalue weighted by Crippen LogP contribution is 2.12. The third-order valence-corrected chi connectivity index (χ3v) is 2.83. The van der Waals surface area contributed by atoms with Crippen LogP contribution in [0.15, 0.2) is 24.4 Å². The third-order valence-electron chi connectivity index (χ3n) is 2.83. The lowest BCUT2D eigenvalue weighted by molar-refractivity contribution is -0.131. The fourth-order valence-electron chi connectivity index (χ4n) is 1.77. The molecule has 0 bridgehead atoms. The van der Waals surface area contributed by atoms with Crippen LogP contribution in [0.5, 0.6) is 0 Å². The molecular weight excluding hydrogens is 270 g/mol. The average Bonchev–Trinajstić information content (AvgIpc) is 2.49. The van der Waals surface area contributed by atoms with E-state index in [0.29, 0.717) is 18.7 Å². The summed E-state index contributed by atoms with van der Waals surface area (Å²) in [5.41, 5.74) is 0.620. The molecule has 0 aliphatic heterocycles. The lowest BCUT2D eigenvalue weighted by Gasteiger charge is -2.22. The Morgan fingerprint density at radius 2 is 2.29 bits per heavy atom. The van der Waals surface area contributed by atoms with E-state index in [1.807, 2.05) is 6.92 Å². The van der Waals surface area contributed by atoms with Gasteiger partial charge in [-0.1, -0.05) is 6.07 Å². The van der Waals surface area contributed by atoms with E-state index in [4.69, 9.17) is 10.4 Å². The molecule has 1 heterocycles. The van der Waals surface area contributed by atoms with Gasteiger partial charge >= 0.3 is 5.97 Å². The molecule has 0 aliphatic carbocycles. The van der Waals surface area contributed by atoms with Gasteiger partial charge in [0.25, 0.3) is 5.91 Å². The Morgan fingerprint density at radius 3 is 2.86 bits per heavy atom. The molecule has 1 aromatic rings. The number of carbonyl (C=O) groups excluding carboxylic acids is 1. The van der Waals surface area contributed by atoms with Gasteiger partial charge in [-0.15, -0.1) is 0 Å². The Morgan fingerprint density at radius 1 is 1.57 bits per heavy atom. The lowest BCUT2D eigenvalue weighted by atomic mass is 10.1. The topological polar surface area (TPSA) is 94.3 Å². The maximum Gasteiger partial charge on any atom is 0.328 e. The molecule has 1 rings (SSSR count). The quantitative estimate of drug-likeness (QED) is 0.805. The van der Waals surface area contributed by atoms with Crippen molar-refractivity contribution in [1.82, 2.24) is 9.88 Å². The highest BCUT2D eigenvalue weighted by molar-refractivity contribution is 5.97. The fraction of sp³-hybridized carbons (Fsp3) is 0.333. The van der Waals surface area contributed by atoms with Crippen LogP contribution in [0.25, 0.3) is 6.08 Å². The number of pyridine rings is 1. The zero-order chi connectivity index (χ0) is 15.8. The lowest BCUT2D eigenvalue weighted by Crippen LogP contribution is -2.35. The summed E-state index contributed by atoms with van der Waals surface area (Å²) in [5, 5.41) is 17.5. The van der Waals surface area contributed by atoms with Crippen LogP contribution < -0.4 is 0 Å². The van der Waals surface area contributed by atoms with Gasteiger partial charge in [-0.25, -0.2) is 4.79 Å². The first-order valence-corrected chi connectivity index (χ1v) is 6.54. The molecule has 1 amide bonds. The zero-order valence-corrected chi connectivity index (χ0v) is 12.0. The number of amides is 1. The molecule has 0 radical (unpaired) electrons. The molecule has 6 heteroatoms. The molecule has 0 saturated heterocycles. The van der Waals surface area contributed by atoms with E-state index in [1.54, 1.807) is 19.1 Å². The standard InChI is InChI=1S/C15H17N3O3/c1-3-18(10-11(2)9-16)15(21)14-12(5-4-8-17-14)6-7-13(19)20/h4-8,11H,3,10H2,1-2H3,(H,19,20)/b7-6+. The van der Waals surface area contributed by atoms with E-state index < -0.39 is 5.97 Å². The van der Waals surface area contributed by atoms with E-state index in [0.717, 1.165) is 6.08 Å². The third kappa shape index (κ3) is 4.73. The molecule has 110 valence electrons. The van der Waals surface area contributed by atoms with Gasteiger partial charge in [0.1, 0.15) is 5.69 Å². The normalized spacial score (nSPS) is 11.9. The van der Waals surface area contributed by atoms with Gasteiger partial charge in [0.2, 0.25) is 0 Å². The predicted octanol–water partition coefficient (Wildman–Crippen LogP) is 1.80. The van der Waals surface area contributed by atoms with Crippen LogP contribution in [-0.2, 0) is 4.79 Å². The summed E-state index contributed by atoms with van der Waals surface area (Å²) in [4.78, 5) is 28.6. The number of aliphatic carboxylic acids is 1. The van der Waals surface area contributed by atoms with Crippen molar-refractivity contribution in [3.05, 3.63) is 35.7 Å². The van der Waals surface area contributed by atoms with Crippen LogP contribution in [0, 0.1) is 17.2 Å². The first-order chi connectivity index (χ1) is 9.99. The van der Waals surface area contributed by atoms with Gasteiger partial charge in [-0.05, 0) is 26.0 Å². The Bertz CT molecular complexity index is 590. The van der Waals surface area contributed by atoms with Crippen LogP contribution in [0.4, 0.5) is 0 Å². The summed E-state index contributed by atoms with van der Waals surface area (Å²) >= 11 is 0. The zero-order valence-electron chi connectivity index (χ0n) is 12.0. The second-order valence-electron chi connectivity index (χ2n) is 4.49. The van der Waals surface area contributed by atoms with E-state index >= 15 is 0 Å². The molecule has 0 fully saturated rings. The van der Waals surface area contributed by atoms with E-state index in [-0.39, 0.29) is 17.5 Å². The maximum absolute atomic E-state index is 12.5. The van der Waals surface area contributed by atoms with E-state index in [9.17, 15) is 9.59 Å². The number of hydrogen-bond donors (Lipinski definition) is 1. The molecule has 0 aliphatic rings. The van der Waals surface area contributed by atoms with Crippen molar-refractivity contribution in [2.75, 3.05) is 13.1 Å². The number of nitriles is 1. The molecule has 0 saturated carbocycles. The second-order valence-corrected chi connectivity index (χ2v) is 4.49. The first kappa shape index (κ1) is 16.4. The van der Waals surface area contributed by atoms with Crippen LogP contribution in [-0.4, -0.2) is 40.0 Å². The van der Waals surface area contributed by atoms with Crippen LogP contribution in [0.2, 0.25) is 0 Å². The summed E-state index contributed by atoms with van der Waals surface area (Å²) in [6.07, 6.45) is 3.78. The Balaban J connectivity index is 3.06. The predicted molar refractivity (Wildman–Crippen MR) is 77.3 cm³/mol. The average molecular weight is 287 g/mol. The van der Waals surface area contributed by atoms with Crippen molar-refractivity contribution in [3.63, 3.8) is 0 Å². The Labute approximate surface area is 123 Å². The molecule has 1 unspecified atom stereocenters. The number of hydrogen-bond acceptors (Lipinski definition) is 4. The number of carbonyl (C=O) groups is 2. The minimum atomic E-state index is -1.09. The molecule has 1 aromatic heterocycles. The summed E-state index contributed by atoms with van der Waals surface area (Å²) in [6, 6.07) is 5.34. The van der Waals surface area contributed by atoms with E-state index in [2.05, 4.69) is 11.1 Å². The summed E-state index contributed by atoms with van der Waals surface area (Å²) in [5.74, 6) is -1.69. The molecular formula is C15H17N3O3. The van der Waals surface area contributed by atoms with Gasteiger partial charge in [0.05, 0.1) is 12.0 Å². The fourth-order valence-corrected chi connectivity index (χ4v) is 1.77. The number of nitrogens with zero attached hydrogens (tertiary/aromatic N) is 3. The van der Waals surface area contributed by atoms with Gasteiger partial charge in [-0.2, -0.15) is 5.26 Å². The molecule has 0 aromatic carbocycles. The van der Waals surface area contributed by atoms with Gasteiger partial charge in [0.15, 0.2) is 0 Å². The van der Waals surface area contributed by atoms with Gasteiger partial charge < -0.3 is 10.0 Å². The first-order valence-electron chi connectivity index (χ1n) is 6.54.